The Labute approximate surface area is 107 Å². The van der Waals surface area contributed by atoms with Crippen LogP contribution in [0.1, 0.15) is 32.6 Å². The standard InChI is InChI=1S/C13H21NO4/c1-2-18-11-5-9(6-11)7-12(15)14-4-3-10(8-14)13(16)17/h9-11H,2-8H2,1H3,(H,16,17). The van der Waals surface area contributed by atoms with Gasteiger partial charge >= 0.3 is 5.97 Å². The fourth-order valence-corrected chi connectivity index (χ4v) is 2.78. The lowest BCUT2D eigenvalue weighted by Crippen LogP contribution is -2.37. The van der Waals surface area contributed by atoms with Gasteiger partial charge in [-0.05, 0) is 32.1 Å². The van der Waals surface area contributed by atoms with Gasteiger partial charge in [0, 0.05) is 26.1 Å². The molecule has 102 valence electrons. The van der Waals surface area contributed by atoms with Gasteiger partial charge in [0.15, 0.2) is 0 Å². The van der Waals surface area contributed by atoms with Gasteiger partial charge in [0.1, 0.15) is 0 Å². The van der Waals surface area contributed by atoms with Crippen molar-refractivity contribution in [3.05, 3.63) is 0 Å². The Morgan fingerprint density at radius 2 is 2.11 bits per heavy atom. The molecule has 1 saturated heterocycles. The number of carboxylic acids is 1. The summed E-state index contributed by atoms with van der Waals surface area (Å²) in [4.78, 5) is 24.5. The maximum absolute atomic E-state index is 12.0. The molecule has 0 aromatic rings. The van der Waals surface area contributed by atoms with Gasteiger partial charge in [-0.1, -0.05) is 0 Å². The largest absolute Gasteiger partial charge is 0.481 e. The molecule has 5 heteroatoms. The van der Waals surface area contributed by atoms with Crippen LogP contribution in [0.25, 0.3) is 0 Å². The lowest BCUT2D eigenvalue weighted by atomic mass is 9.80. The number of rotatable bonds is 5. The molecule has 2 aliphatic rings. The van der Waals surface area contributed by atoms with Crippen LogP contribution in [0.4, 0.5) is 0 Å². The van der Waals surface area contributed by atoms with Gasteiger partial charge in [-0.2, -0.15) is 0 Å². The van der Waals surface area contributed by atoms with Gasteiger partial charge in [-0.3, -0.25) is 9.59 Å². The van der Waals surface area contributed by atoms with Crippen LogP contribution in [-0.4, -0.2) is 47.7 Å². The molecule has 18 heavy (non-hydrogen) atoms. The van der Waals surface area contributed by atoms with Crippen LogP contribution >= 0.6 is 0 Å². The van der Waals surface area contributed by atoms with Crippen LogP contribution in [0, 0.1) is 11.8 Å². The van der Waals surface area contributed by atoms with E-state index in [9.17, 15) is 9.59 Å². The van der Waals surface area contributed by atoms with Crippen LogP contribution in [-0.2, 0) is 14.3 Å². The number of carboxylic acid groups (broad SMARTS) is 1. The minimum absolute atomic E-state index is 0.110. The first-order valence-corrected chi connectivity index (χ1v) is 6.72. The quantitative estimate of drug-likeness (QED) is 0.799. The Balaban J connectivity index is 1.69. The Morgan fingerprint density at radius 1 is 1.39 bits per heavy atom. The molecule has 1 aliphatic heterocycles. The minimum Gasteiger partial charge on any atom is -0.481 e. The summed E-state index contributed by atoms with van der Waals surface area (Å²) in [5.41, 5.74) is 0. The van der Waals surface area contributed by atoms with E-state index >= 15 is 0 Å². The highest BCUT2D eigenvalue weighted by Crippen LogP contribution is 2.33. The van der Waals surface area contributed by atoms with E-state index in [0.29, 0.717) is 38.0 Å². The molecule has 2 fully saturated rings. The Hall–Kier alpha value is -1.10. The van der Waals surface area contributed by atoms with Crippen molar-refractivity contribution in [2.45, 2.75) is 38.7 Å². The number of likely N-dealkylation sites (tertiary alicyclic amines) is 1. The minimum atomic E-state index is -0.787. The molecule has 0 aromatic carbocycles. The number of hydrogen-bond donors (Lipinski definition) is 1. The number of carbonyl (C=O) groups is 2. The highest BCUT2D eigenvalue weighted by Gasteiger charge is 2.35. The van der Waals surface area contributed by atoms with Crippen LogP contribution in [0.3, 0.4) is 0 Å². The SMILES string of the molecule is CCOC1CC(CC(=O)N2CCC(C(=O)O)C2)C1. The van der Waals surface area contributed by atoms with E-state index in [1.807, 2.05) is 6.92 Å². The second kappa shape index (κ2) is 5.69. The summed E-state index contributed by atoms with van der Waals surface area (Å²) < 4.78 is 5.46. The molecular weight excluding hydrogens is 234 g/mol. The van der Waals surface area contributed by atoms with E-state index in [1.54, 1.807) is 4.90 Å². The summed E-state index contributed by atoms with van der Waals surface area (Å²) in [6.07, 6.45) is 3.41. The molecule has 5 nitrogen and oxygen atoms in total. The predicted octanol–water partition coefficient (Wildman–Crippen LogP) is 1.12. The highest BCUT2D eigenvalue weighted by molar-refractivity contribution is 5.79. The molecule has 1 saturated carbocycles. The average molecular weight is 255 g/mol. The van der Waals surface area contributed by atoms with Crippen LogP contribution in [0.15, 0.2) is 0 Å². The summed E-state index contributed by atoms with van der Waals surface area (Å²) in [6.45, 7) is 3.69. The first-order chi connectivity index (χ1) is 8.60. The zero-order chi connectivity index (χ0) is 13.1. The number of carbonyl (C=O) groups excluding carboxylic acids is 1. The third-order valence-corrected chi connectivity index (χ3v) is 3.95. The zero-order valence-corrected chi connectivity index (χ0v) is 10.8. The number of nitrogens with zero attached hydrogens (tertiary/aromatic N) is 1. The van der Waals surface area contributed by atoms with Crippen molar-refractivity contribution in [1.29, 1.82) is 0 Å². The van der Waals surface area contributed by atoms with Crippen LogP contribution in [0.5, 0.6) is 0 Å². The molecule has 1 N–H and O–H groups in total. The van der Waals surface area contributed by atoms with Gasteiger partial charge in [-0.15, -0.1) is 0 Å². The maximum atomic E-state index is 12.0. The molecule has 1 amide bonds. The van der Waals surface area contributed by atoms with E-state index < -0.39 is 5.97 Å². The van der Waals surface area contributed by atoms with Crippen molar-refractivity contribution in [3.8, 4) is 0 Å². The van der Waals surface area contributed by atoms with E-state index in [-0.39, 0.29) is 11.8 Å². The molecule has 0 aromatic heterocycles. The van der Waals surface area contributed by atoms with Crippen molar-refractivity contribution in [2.24, 2.45) is 11.8 Å². The number of amides is 1. The van der Waals surface area contributed by atoms with E-state index in [2.05, 4.69) is 0 Å². The van der Waals surface area contributed by atoms with E-state index in [0.717, 1.165) is 19.4 Å². The first-order valence-electron chi connectivity index (χ1n) is 6.72. The molecule has 1 heterocycles. The van der Waals surface area contributed by atoms with Crippen molar-refractivity contribution in [3.63, 3.8) is 0 Å². The maximum Gasteiger partial charge on any atom is 0.308 e. The van der Waals surface area contributed by atoms with Crippen molar-refractivity contribution in [1.82, 2.24) is 4.90 Å². The fraction of sp³-hybridized carbons (Fsp3) is 0.846. The number of aliphatic carboxylic acids is 1. The zero-order valence-electron chi connectivity index (χ0n) is 10.8. The molecule has 1 unspecified atom stereocenters. The monoisotopic (exact) mass is 255 g/mol. The Kier molecular flexibility index (Phi) is 4.22. The van der Waals surface area contributed by atoms with Crippen LogP contribution in [0.2, 0.25) is 0 Å². The number of hydrogen-bond acceptors (Lipinski definition) is 3. The fourth-order valence-electron chi connectivity index (χ4n) is 2.78. The Morgan fingerprint density at radius 3 is 2.67 bits per heavy atom. The van der Waals surface area contributed by atoms with Crippen molar-refractivity contribution < 1.29 is 19.4 Å². The van der Waals surface area contributed by atoms with Gasteiger partial charge in [0.2, 0.25) is 5.91 Å². The Bertz CT molecular complexity index is 325. The topological polar surface area (TPSA) is 66.8 Å². The predicted molar refractivity (Wildman–Crippen MR) is 65.1 cm³/mol. The lowest BCUT2D eigenvalue weighted by Gasteiger charge is -2.35. The third kappa shape index (κ3) is 3.02. The summed E-state index contributed by atoms with van der Waals surface area (Å²) in [5.74, 6) is -0.617. The normalized spacial score (nSPS) is 31.2. The number of ether oxygens (including phenoxy) is 1. The van der Waals surface area contributed by atoms with Gasteiger partial charge in [0.25, 0.3) is 0 Å². The molecular formula is C13H21NO4. The summed E-state index contributed by atoms with van der Waals surface area (Å²) in [5, 5.41) is 8.89. The summed E-state index contributed by atoms with van der Waals surface area (Å²) in [7, 11) is 0. The van der Waals surface area contributed by atoms with Gasteiger partial charge < -0.3 is 14.7 Å². The lowest BCUT2D eigenvalue weighted by molar-refractivity contribution is -0.141. The second-order valence-electron chi connectivity index (χ2n) is 5.28. The van der Waals surface area contributed by atoms with Crippen molar-refractivity contribution in [2.75, 3.05) is 19.7 Å². The van der Waals surface area contributed by atoms with E-state index in [1.165, 1.54) is 0 Å². The van der Waals surface area contributed by atoms with Gasteiger partial charge in [-0.25, -0.2) is 0 Å². The molecule has 1 aliphatic carbocycles. The summed E-state index contributed by atoms with van der Waals surface area (Å²) in [6, 6.07) is 0. The second-order valence-corrected chi connectivity index (χ2v) is 5.28. The van der Waals surface area contributed by atoms with Crippen molar-refractivity contribution >= 4 is 11.9 Å². The first kappa shape index (κ1) is 13.3. The van der Waals surface area contributed by atoms with Gasteiger partial charge in [0.05, 0.1) is 12.0 Å². The smallest absolute Gasteiger partial charge is 0.308 e. The highest BCUT2D eigenvalue weighted by atomic mass is 16.5. The third-order valence-electron chi connectivity index (χ3n) is 3.95. The summed E-state index contributed by atoms with van der Waals surface area (Å²) >= 11 is 0. The molecule has 1 atom stereocenters. The molecule has 0 radical (unpaired) electrons. The van der Waals surface area contributed by atoms with Crippen LogP contribution < -0.4 is 0 Å². The molecule has 0 bridgehead atoms. The molecule has 0 spiro atoms. The average Bonchev–Trinajstić information content (AvgIpc) is 2.75. The van der Waals surface area contributed by atoms with E-state index in [4.69, 9.17) is 9.84 Å². The molecule has 2 rings (SSSR count).